The molecule has 2 rings (SSSR count). The first kappa shape index (κ1) is 17.1. The van der Waals surface area contributed by atoms with E-state index in [1.54, 1.807) is 24.3 Å². The molecular weight excluding hydrogens is 314 g/mol. The minimum absolute atomic E-state index is 0.106. The van der Waals surface area contributed by atoms with Gasteiger partial charge in [0.05, 0.1) is 5.69 Å². The first-order chi connectivity index (χ1) is 11.4. The van der Waals surface area contributed by atoms with E-state index in [1.165, 1.54) is 32.2 Å². The van der Waals surface area contributed by atoms with Crippen LogP contribution in [0, 0.1) is 10.1 Å². The van der Waals surface area contributed by atoms with Crippen LogP contribution < -0.4 is 10.1 Å². The van der Waals surface area contributed by atoms with Gasteiger partial charge >= 0.3 is 5.82 Å². The summed E-state index contributed by atoms with van der Waals surface area (Å²) in [6, 6.07) is 9.38. The molecule has 1 amide bonds. The maximum Gasteiger partial charge on any atom is 0.406 e. The van der Waals surface area contributed by atoms with Crippen molar-refractivity contribution in [2.24, 2.45) is 0 Å². The van der Waals surface area contributed by atoms with Gasteiger partial charge in [-0.05, 0) is 48.0 Å². The molecule has 0 saturated carbocycles. The van der Waals surface area contributed by atoms with Crippen molar-refractivity contribution >= 4 is 23.2 Å². The Morgan fingerprint density at radius 3 is 2.62 bits per heavy atom. The van der Waals surface area contributed by atoms with Gasteiger partial charge in [0.2, 0.25) is 5.75 Å². The van der Waals surface area contributed by atoms with E-state index in [9.17, 15) is 19.7 Å². The molecule has 8 nitrogen and oxygen atoms in total. The Morgan fingerprint density at radius 2 is 1.96 bits per heavy atom. The molecule has 1 atom stereocenters. The van der Waals surface area contributed by atoms with E-state index in [0.29, 0.717) is 11.3 Å². The Morgan fingerprint density at radius 1 is 1.25 bits per heavy atom. The maximum absolute atomic E-state index is 12.2. The minimum Gasteiger partial charge on any atom is -0.473 e. The molecule has 0 aliphatic carbocycles. The molecule has 1 heterocycles. The van der Waals surface area contributed by atoms with E-state index < -0.39 is 22.8 Å². The third kappa shape index (κ3) is 3.92. The average molecular weight is 329 g/mol. The van der Waals surface area contributed by atoms with Crippen LogP contribution in [0.3, 0.4) is 0 Å². The fraction of sp³-hybridized carbons (Fsp3) is 0.188. The molecule has 24 heavy (non-hydrogen) atoms. The van der Waals surface area contributed by atoms with Crippen molar-refractivity contribution in [3.8, 4) is 5.75 Å². The van der Waals surface area contributed by atoms with Gasteiger partial charge in [-0.3, -0.25) is 9.59 Å². The molecule has 0 fully saturated rings. The summed E-state index contributed by atoms with van der Waals surface area (Å²) in [4.78, 5) is 37.6. The summed E-state index contributed by atoms with van der Waals surface area (Å²) in [5.41, 5.74) is 0.719. The van der Waals surface area contributed by atoms with Crippen LogP contribution in [0.15, 0.2) is 42.6 Å². The molecule has 0 saturated heterocycles. The Kier molecular flexibility index (Phi) is 5.20. The topological polar surface area (TPSA) is 111 Å². The van der Waals surface area contributed by atoms with Gasteiger partial charge in [-0.25, -0.2) is 0 Å². The number of nitrogens with zero attached hydrogens (tertiary/aromatic N) is 2. The smallest absolute Gasteiger partial charge is 0.406 e. The Bertz CT molecular complexity index is 791. The van der Waals surface area contributed by atoms with Crippen LogP contribution in [-0.4, -0.2) is 27.7 Å². The number of para-hydroxylation sites is 1. The van der Waals surface area contributed by atoms with E-state index >= 15 is 0 Å². The molecule has 1 N–H and O–H groups in total. The van der Waals surface area contributed by atoms with E-state index in [4.69, 9.17) is 4.74 Å². The van der Waals surface area contributed by atoms with Crippen molar-refractivity contribution in [1.29, 1.82) is 0 Å². The van der Waals surface area contributed by atoms with Crippen LogP contribution in [-0.2, 0) is 4.79 Å². The second-order valence-corrected chi connectivity index (χ2v) is 4.93. The molecule has 0 bridgehead atoms. The number of nitrogens with one attached hydrogen (secondary N) is 1. The number of carbonyl (C=O) groups is 2. The summed E-state index contributed by atoms with van der Waals surface area (Å²) in [5.74, 6) is -1.31. The van der Waals surface area contributed by atoms with E-state index in [1.807, 2.05) is 0 Å². The standard InChI is InChI=1S/C16H15N3O5/c1-10(20)12-6-3-4-7-13(12)18-16(21)11(2)24-14-8-5-9-17-15(14)19(22)23/h3-9,11H,1-2H3,(H,18,21). The maximum atomic E-state index is 12.2. The largest absolute Gasteiger partial charge is 0.473 e. The second-order valence-electron chi connectivity index (χ2n) is 4.93. The van der Waals surface area contributed by atoms with Crippen molar-refractivity contribution in [1.82, 2.24) is 4.98 Å². The fourth-order valence-electron chi connectivity index (χ4n) is 1.99. The molecule has 0 aliphatic rings. The number of rotatable bonds is 6. The van der Waals surface area contributed by atoms with Gasteiger partial charge in [0, 0.05) is 5.56 Å². The van der Waals surface area contributed by atoms with Gasteiger partial charge in [0.25, 0.3) is 5.91 Å². The number of hydrogen-bond acceptors (Lipinski definition) is 6. The Hall–Kier alpha value is -3.29. The van der Waals surface area contributed by atoms with Crippen molar-refractivity contribution < 1.29 is 19.2 Å². The third-order valence-corrected chi connectivity index (χ3v) is 3.16. The summed E-state index contributed by atoms with van der Waals surface area (Å²) in [5, 5.41) is 13.5. The monoisotopic (exact) mass is 329 g/mol. The molecule has 1 aromatic carbocycles. The van der Waals surface area contributed by atoms with Crippen LogP contribution in [0.4, 0.5) is 11.5 Å². The fourth-order valence-corrected chi connectivity index (χ4v) is 1.99. The van der Waals surface area contributed by atoms with Gasteiger partial charge < -0.3 is 20.2 Å². The lowest BCUT2D eigenvalue weighted by molar-refractivity contribution is -0.390. The normalized spacial score (nSPS) is 11.4. The summed E-state index contributed by atoms with van der Waals surface area (Å²) >= 11 is 0. The number of benzene rings is 1. The number of anilines is 1. The molecule has 124 valence electrons. The van der Waals surface area contributed by atoms with Crippen LogP contribution in [0.5, 0.6) is 5.75 Å². The summed E-state index contributed by atoms with van der Waals surface area (Å²) in [6.07, 6.45) is 0.242. The van der Waals surface area contributed by atoms with Gasteiger partial charge in [0.15, 0.2) is 11.9 Å². The van der Waals surface area contributed by atoms with Gasteiger partial charge in [-0.1, -0.05) is 12.1 Å². The lowest BCUT2D eigenvalue weighted by Gasteiger charge is -2.15. The van der Waals surface area contributed by atoms with Gasteiger partial charge in [-0.15, -0.1) is 0 Å². The van der Waals surface area contributed by atoms with Crippen LogP contribution in [0.25, 0.3) is 0 Å². The summed E-state index contributed by atoms with van der Waals surface area (Å²) < 4.78 is 5.34. The van der Waals surface area contributed by atoms with Crippen molar-refractivity contribution in [2.45, 2.75) is 20.0 Å². The van der Waals surface area contributed by atoms with E-state index in [0.717, 1.165) is 0 Å². The second kappa shape index (κ2) is 7.32. The molecule has 0 aliphatic heterocycles. The van der Waals surface area contributed by atoms with Crippen molar-refractivity contribution in [3.63, 3.8) is 0 Å². The number of hydrogen-bond donors (Lipinski definition) is 1. The van der Waals surface area contributed by atoms with Crippen LogP contribution >= 0.6 is 0 Å². The number of ether oxygens (including phenoxy) is 1. The van der Waals surface area contributed by atoms with Crippen LogP contribution in [0.2, 0.25) is 0 Å². The number of amides is 1. The van der Waals surface area contributed by atoms with E-state index in [-0.39, 0.29) is 11.5 Å². The molecule has 8 heteroatoms. The first-order valence-electron chi connectivity index (χ1n) is 7.07. The number of aromatic nitrogens is 1. The highest BCUT2D eigenvalue weighted by Crippen LogP contribution is 2.24. The highest BCUT2D eigenvalue weighted by Gasteiger charge is 2.22. The van der Waals surface area contributed by atoms with Crippen molar-refractivity contribution in [3.05, 3.63) is 58.3 Å². The number of nitro groups is 1. The molecule has 1 unspecified atom stereocenters. The zero-order valence-corrected chi connectivity index (χ0v) is 13.1. The quantitative estimate of drug-likeness (QED) is 0.495. The molecule has 0 spiro atoms. The SMILES string of the molecule is CC(=O)c1ccccc1NC(=O)C(C)Oc1cccnc1[N+](=O)[O-]. The first-order valence-corrected chi connectivity index (χ1v) is 7.07. The Labute approximate surface area is 137 Å². The van der Waals surface area contributed by atoms with Gasteiger partial charge in [0.1, 0.15) is 6.20 Å². The number of ketones is 1. The molecular formula is C16H15N3O5. The molecule has 1 aromatic heterocycles. The highest BCUT2D eigenvalue weighted by molar-refractivity contribution is 6.04. The number of carbonyl (C=O) groups excluding carboxylic acids is 2. The van der Waals surface area contributed by atoms with Gasteiger partial charge in [-0.2, -0.15) is 0 Å². The Balaban J connectivity index is 2.14. The average Bonchev–Trinajstić information content (AvgIpc) is 2.55. The number of Topliss-reactive ketones (excluding diaryl/α,β-unsaturated/α-hetero) is 1. The zero-order valence-electron chi connectivity index (χ0n) is 13.1. The highest BCUT2D eigenvalue weighted by atomic mass is 16.6. The lowest BCUT2D eigenvalue weighted by Crippen LogP contribution is -2.31. The predicted molar refractivity (Wildman–Crippen MR) is 86.1 cm³/mol. The molecule has 0 radical (unpaired) electrons. The third-order valence-electron chi connectivity index (χ3n) is 3.16. The number of pyridine rings is 1. The van der Waals surface area contributed by atoms with E-state index in [2.05, 4.69) is 10.3 Å². The minimum atomic E-state index is -1.02. The zero-order chi connectivity index (χ0) is 17.7. The summed E-state index contributed by atoms with van der Waals surface area (Å²) in [6.45, 7) is 2.84. The van der Waals surface area contributed by atoms with Crippen LogP contribution in [0.1, 0.15) is 24.2 Å². The summed E-state index contributed by atoms with van der Waals surface area (Å²) in [7, 11) is 0. The molecule has 2 aromatic rings. The lowest BCUT2D eigenvalue weighted by atomic mass is 10.1. The van der Waals surface area contributed by atoms with Crippen molar-refractivity contribution in [2.75, 3.05) is 5.32 Å². The predicted octanol–water partition coefficient (Wildman–Crippen LogP) is 2.60.